The van der Waals surface area contributed by atoms with Crippen molar-refractivity contribution in [3.8, 4) is 17.2 Å². The van der Waals surface area contributed by atoms with Crippen LogP contribution in [0.2, 0.25) is 0 Å². The quantitative estimate of drug-likeness (QED) is 0.870. The molecule has 0 heterocycles. The molecule has 6 heteroatoms. The van der Waals surface area contributed by atoms with Gasteiger partial charge in [0.15, 0.2) is 11.5 Å². The fourth-order valence-corrected chi connectivity index (χ4v) is 1.85. The van der Waals surface area contributed by atoms with E-state index < -0.39 is 11.7 Å². The van der Waals surface area contributed by atoms with Crippen LogP contribution in [0, 0.1) is 0 Å². The van der Waals surface area contributed by atoms with E-state index in [1.54, 1.807) is 21.3 Å². The molecule has 0 aliphatic carbocycles. The monoisotopic (exact) mass is 323 g/mol. The summed E-state index contributed by atoms with van der Waals surface area (Å²) in [6.45, 7) is 5.81. The second kappa shape index (κ2) is 8.31. The van der Waals surface area contributed by atoms with E-state index >= 15 is 0 Å². The van der Waals surface area contributed by atoms with Crippen LogP contribution in [0.25, 0.3) is 6.08 Å². The van der Waals surface area contributed by atoms with Crippen molar-refractivity contribution < 1.29 is 23.7 Å². The average Bonchev–Trinajstić information content (AvgIpc) is 2.48. The number of rotatable bonds is 6. The van der Waals surface area contributed by atoms with Gasteiger partial charge in [-0.2, -0.15) is 0 Å². The van der Waals surface area contributed by atoms with Crippen molar-refractivity contribution in [3.05, 3.63) is 23.8 Å². The Kier molecular flexibility index (Phi) is 6.75. The van der Waals surface area contributed by atoms with Gasteiger partial charge in [-0.1, -0.05) is 12.2 Å². The topological polar surface area (TPSA) is 66.0 Å². The molecule has 0 aliphatic rings. The summed E-state index contributed by atoms with van der Waals surface area (Å²) in [5.41, 5.74) is 0.357. The van der Waals surface area contributed by atoms with Crippen LogP contribution in [0.1, 0.15) is 26.3 Å². The van der Waals surface area contributed by atoms with Gasteiger partial charge in [-0.3, -0.25) is 0 Å². The second-order valence-electron chi connectivity index (χ2n) is 5.74. The summed E-state index contributed by atoms with van der Waals surface area (Å²) < 4.78 is 21.0. The number of alkyl carbamates (subject to hydrolysis) is 1. The highest BCUT2D eigenvalue weighted by Gasteiger charge is 2.15. The number of ether oxygens (including phenoxy) is 4. The molecule has 1 amide bonds. The van der Waals surface area contributed by atoms with Crippen LogP contribution in [0.4, 0.5) is 4.79 Å². The molecule has 1 N–H and O–H groups in total. The van der Waals surface area contributed by atoms with Gasteiger partial charge in [0, 0.05) is 6.54 Å². The third-order valence-corrected chi connectivity index (χ3v) is 2.76. The van der Waals surface area contributed by atoms with E-state index in [4.69, 9.17) is 18.9 Å². The largest absolute Gasteiger partial charge is 0.493 e. The molecule has 1 aromatic rings. The number of amides is 1. The highest BCUT2D eigenvalue weighted by Crippen LogP contribution is 2.38. The van der Waals surface area contributed by atoms with E-state index in [0.29, 0.717) is 23.8 Å². The molecule has 0 atom stereocenters. The normalized spacial score (nSPS) is 11.2. The molecular weight excluding hydrogens is 298 g/mol. The predicted octanol–water partition coefficient (Wildman–Crippen LogP) is 3.25. The van der Waals surface area contributed by atoms with Crippen LogP contribution >= 0.6 is 0 Å². The first kappa shape index (κ1) is 18.7. The van der Waals surface area contributed by atoms with E-state index in [9.17, 15) is 4.79 Å². The Labute approximate surface area is 137 Å². The van der Waals surface area contributed by atoms with Crippen molar-refractivity contribution in [2.24, 2.45) is 0 Å². The molecule has 0 radical (unpaired) electrons. The first-order valence-electron chi connectivity index (χ1n) is 7.24. The van der Waals surface area contributed by atoms with Gasteiger partial charge in [0.05, 0.1) is 21.3 Å². The molecule has 1 rings (SSSR count). The first-order valence-corrected chi connectivity index (χ1v) is 7.24. The number of methoxy groups -OCH3 is 3. The Balaban J connectivity index is 2.72. The Morgan fingerprint density at radius 2 is 1.65 bits per heavy atom. The van der Waals surface area contributed by atoms with Gasteiger partial charge in [0.25, 0.3) is 0 Å². The summed E-state index contributed by atoms with van der Waals surface area (Å²) in [5, 5.41) is 2.65. The highest BCUT2D eigenvalue weighted by atomic mass is 16.6. The zero-order valence-electron chi connectivity index (χ0n) is 14.6. The van der Waals surface area contributed by atoms with Gasteiger partial charge < -0.3 is 24.3 Å². The number of nitrogens with one attached hydrogen (secondary N) is 1. The van der Waals surface area contributed by atoms with Crippen molar-refractivity contribution >= 4 is 12.2 Å². The van der Waals surface area contributed by atoms with Crippen molar-refractivity contribution in [2.75, 3.05) is 27.9 Å². The van der Waals surface area contributed by atoms with Crippen LogP contribution in [0.5, 0.6) is 17.2 Å². The van der Waals surface area contributed by atoms with Crippen LogP contribution in [0.3, 0.4) is 0 Å². The lowest BCUT2D eigenvalue weighted by molar-refractivity contribution is 0.0534. The summed E-state index contributed by atoms with van der Waals surface area (Å²) in [6.07, 6.45) is 3.21. The standard InChI is InChI=1S/C17H25NO5/c1-17(2,3)23-16(19)18-9-7-8-12-10-13(20-4)15(22-6)14(11-12)21-5/h7-8,10-11H,9H2,1-6H3,(H,18,19). The Morgan fingerprint density at radius 1 is 1.09 bits per heavy atom. The Morgan fingerprint density at radius 3 is 2.09 bits per heavy atom. The summed E-state index contributed by atoms with van der Waals surface area (Å²) in [5.74, 6) is 1.69. The summed E-state index contributed by atoms with van der Waals surface area (Å²) in [4.78, 5) is 11.5. The number of hydrogen-bond acceptors (Lipinski definition) is 5. The Bertz CT molecular complexity index is 536. The molecule has 0 fully saturated rings. The molecule has 0 unspecified atom stereocenters. The molecule has 0 bridgehead atoms. The Hall–Kier alpha value is -2.37. The fourth-order valence-electron chi connectivity index (χ4n) is 1.85. The highest BCUT2D eigenvalue weighted by molar-refractivity contribution is 5.68. The maximum atomic E-state index is 11.5. The number of hydrogen-bond donors (Lipinski definition) is 1. The predicted molar refractivity (Wildman–Crippen MR) is 89.4 cm³/mol. The lowest BCUT2D eigenvalue weighted by atomic mass is 10.1. The van der Waals surface area contributed by atoms with E-state index in [2.05, 4.69) is 5.32 Å². The summed E-state index contributed by atoms with van der Waals surface area (Å²) >= 11 is 0. The maximum absolute atomic E-state index is 11.5. The number of carbonyl (C=O) groups is 1. The van der Waals surface area contributed by atoms with Crippen LogP contribution < -0.4 is 19.5 Å². The summed E-state index contributed by atoms with van der Waals surface area (Å²) in [7, 11) is 4.68. The van der Waals surface area contributed by atoms with E-state index in [-0.39, 0.29) is 0 Å². The third-order valence-electron chi connectivity index (χ3n) is 2.76. The summed E-state index contributed by atoms with van der Waals surface area (Å²) in [6, 6.07) is 3.65. The second-order valence-corrected chi connectivity index (χ2v) is 5.74. The zero-order valence-corrected chi connectivity index (χ0v) is 14.6. The van der Waals surface area contributed by atoms with Crippen molar-refractivity contribution in [2.45, 2.75) is 26.4 Å². The lowest BCUT2D eigenvalue weighted by Gasteiger charge is -2.19. The lowest BCUT2D eigenvalue weighted by Crippen LogP contribution is -2.32. The van der Waals surface area contributed by atoms with Crippen molar-refractivity contribution in [1.29, 1.82) is 0 Å². The molecule has 6 nitrogen and oxygen atoms in total. The molecule has 0 spiro atoms. The van der Waals surface area contributed by atoms with Gasteiger partial charge in [-0.05, 0) is 38.5 Å². The smallest absolute Gasteiger partial charge is 0.407 e. The maximum Gasteiger partial charge on any atom is 0.407 e. The van der Waals surface area contributed by atoms with E-state index in [0.717, 1.165) is 5.56 Å². The minimum absolute atomic E-state index is 0.353. The van der Waals surface area contributed by atoms with Gasteiger partial charge in [0.1, 0.15) is 5.60 Å². The molecule has 1 aromatic carbocycles. The van der Waals surface area contributed by atoms with Gasteiger partial charge in [-0.25, -0.2) is 4.79 Å². The fraction of sp³-hybridized carbons (Fsp3) is 0.471. The van der Waals surface area contributed by atoms with Crippen LogP contribution in [-0.2, 0) is 4.74 Å². The number of benzene rings is 1. The molecule has 0 saturated carbocycles. The SMILES string of the molecule is COc1cc(C=CCNC(=O)OC(C)(C)C)cc(OC)c1OC. The van der Waals surface area contributed by atoms with Crippen molar-refractivity contribution in [1.82, 2.24) is 5.32 Å². The zero-order chi connectivity index (χ0) is 17.5. The minimum Gasteiger partial charge on any atom is -0.493 e. The van der Waals surface area contributed by atoms with Crippen LogP contribution in [-0.4, -0.2) is 39.6 Å². The molecule has 0 aliphatic heterocycles. The average molecular weight is 323 g/mol. The van der Waals surface area contributed by atoms with Crippen LogP contribution in [0.15, 0.2) is 18.2 Å². The van der Waals surface area contributed by atoms with Gasteiger partial charge in [0.2, 0.25) is 5.75 Å². The van der Waals surface area contributed by atoms with E-state index in [1.807, 2.05) is 45.1 Å². The first-order chi connectivity index (χ1) is 10.8. The molecular formula is C17H25NO5. The molecule has 0 aromatic heterocycles. The van der Waals surface area contributed by atoms with E-state index in [1.165, 1.54) is 0 Å². The van der Waals surface area contributed by atoms with Crippen molar-refractivity contribution in [3.63, 3.8) is 0 Å². The van der Waals surface area contributed by atoms with Gasteiger partial charge in [-0.15, -0.1) is 0 Å². The third kappa shape index (κ3) is 6.10. The molecule has 128 valence electrons. The van der Waals surface area contributed by atoms with Gasteiger partial charge >= 0.3 is 6.09 Å². The molecule has 0 saturated heterocycles. The number of carbonyl (C=O) groups excluding carboxylic acids is 1. The minimum atomic E-state index is -0.509. The molecule has 23 heavy (non-hydrogen) atoms.